The van der Waals surface area contributed by atoms with E-state index in [-0.39, 0.29) is 5.56 Å². The molecule has 0 saturated carbocycles. The maximum Gasteiger partial charge on any atom is 0.418 e. The Morgan fingerprint density at radius 2 is 1.88 bits per heavy atom. The summed E-state index contributed by atoms with van der Waals surface area (Å²) >= 11 is 0. The zero-order valence-electron chi connectivity index (χ0n) is 17.1. The van der Waals surface area contributed by atoms with Crippen molar-refractivity contribution in [1.29, 1.82) is 0 Å². The molecule has 33 heavy (non-hydrogen) atoms. The van der Waals surface area contributed by atoms with E-state index in [2.05, 4.69) is 4.98 Å². The van der Waals surface area contributed by atoms with E-state index >= 15 is 0 Å². The molecule has 0 unspecified atom stereocenters. The van der Waals surface area contributed by atoms with Crippen molar-refractivity contribution < 1.29 is 32.4 Å². The average Bonchev–Trinajstić information content (AvgIpc) is 3.14. The number of aryl methyl sites for hydroxylation is 2. The summed E-state index contributed by atoms with van der Waals surface area (Å²) in [5, 5.41) is 13.7. The van der Waals surface area contributed by atoms with Gasteiger partial charge < -0.3 is 15.0 Å². The normalized spacial score (nSPS) is 13.4. The van der Waals surface area contributed by atoms with Gasteiger partial charge in [-0.1, -0.05) is 0 Å². The van der Waals surface area contributed by atoms with Gasteiger partial charge in [0.15, 0.2) is 6.61 Å². The third-order valence-electron chi connectivity index (χ3n) is 5.46. The summed E-state index contributed by atoms with van der Waals surface area (Å²) in [5.41, 5.74) is 0.594. The lowest BCUT2D eigenvalue weighted by Gasteiger charge is -2.13. The quantitative estimate of drug-likeness (QED) is 0.323. The van der Waals surface area contributed by atoms with Crippen molar-refractivity contribution in [3.8, 4) is 0 Å². The molecule has 172 valence electrons. The number of anilines is 1. The van der Waals surface area contributed by atoms with Gasteiger partial charge in [0.1, 0.15) is 0 Å². The first-order valence-electron chi connectivity index (χ1n) is 10.1. The molecule has 0 spiro atoms. The van der Waals surface area contributed by atoms with Crippen molar-refractivity contribution >= 4 is 34.2 Å². The number of nitrogens with zero attached hydrogens (tertiary/aromatic N) is 1. The number of H-pyrrole nitrogens is 1. The molecule has 3 aromatic rings. The summed E-state index contributed by atoms with van der Waals surface area (Å²) in [7, 11) is 0. The highest BCUT2D eigenvalue weighted by atomic mass is 19.4. The number of rotatable bonds is 5. The van der Waals surface area contributed by atoms with Crippen LogP contribution in [0.2, 0.25) is 0 Å². The summed E-state index contributed by atoms with van der Waals surface area (Å²) in [5.74, 6) is -1.81. The van der Waals surface area contributed by atoms with Gasteiger partial charge in [0.25, 0.3) is 11.6 Å². The first kappa shape index (κ1) is 22.3. The summed E-state index contributed by atoms with van der Waals surface area (Å²) in [4.78, 5) is 37.7. The molecule has 11 heteroatoms. The molecule has 0 bridgehead atoms. The van der Waals surface area contributed by atoms with Crippen LogP contribution >= 0.6 is 0 Å². The SMILES string of the molecule is O=C(COC(=O)c1ccc2[nH]c3c(c2c1)CCCC3)Nc1ccc([N+](=O)[O-])cc1C(F)(F)F. The van der Waals surface area contributed by atoms with Gasteiger partial charge in [0.2, 0.25) is 0 Å². The van der Waals surface area contributed by atoms with Crippen LogP contribution in [0.5, 0.6) is 0 Å². The van der Waals surface area contributed by atoms with Crippen LogP contribution in [0.4, 0.5) is 24.5 Å². The number of esters is 1. The fourth-order valence-electron chi connectivity index (χ4n) is 3.92. The fourth-order valence-corrected chi connectivity index (χ4v) is 3.92. The molecule has 1 heterocycles. The number of benzene rings is 2. The standard InChI is InChI=1S/C22H18F3N3O5/c23-22(24,25)16-10-13(28(31)32)6-8-19(16)27-20(29)11-33-21(30)12-5-7-18-15(9-12)14-3-1-2-4-17(14)26-18/h5-10,26H,1-4,11H2,(H,27,29). The van der Waals surface area contributed by atoms with Crippen LogP contribution in [-0.2, 0) is 28.5 Å². The number of carbonyl (C=O) groups excluding carboxylic acids is 2. The van der Waals surface area contributed by atoms with E-state index in [0.29, 0.717) is 6.07 Å². The number of hydrogen-bond acceptors (Lipinski definition) is 5. The van der Waals surface area contributed by atoms with E-state index in [4.69, 9.17) is 4.74 Å². The highest BCUT2D eigenvalue weighted by molar-refractivity contribution is 5.98. The van der Waals surface area contributed by atoms with Crippen LogP contribution in [0.15, 0.2) is 36.4 Å². The predicted molar refractivity (Wildman–Crippen MR) is 112 cm³/mol. The first-order chi connectivity index (χ1) is 15.6. The third-order valence-corrected chi connectivity index (χ3v) is 5.46. The maximum atomic E-state index is 13.2. The summed E-state index contributed by atoms with van der Waals surface area (Å²) in [6, 6.07) is 6.91. The number of hydrogen-bond donors (Lipinski definition) is 2. The lowest BCUT2D eigenvalue weighted by Crippen LogP contribution is -2.23. The second-order valence-corrected chi connectivity index (χ2v) is 7.66. The van der Waals surface area contributed by atoms with Gasteiger partial charge >= 0.3 is 12.1 Å². The van der Waals surface area contributed by atoms with E-state index in [9.17, 15) is 32.9 Å². The third kappa shape index (κ3) is 4.66. The summed E-state index contributed by atoms with van der Waals surface area (Å²) in [6.45, 7) is -0.823. The Kier molecular flexibility index (Phi) is 5.79. The van der Waals surface area contributed by atoms with E-state index in [1.807, 2.05) is 5.32 Å². The number of alkyl halides is 3. The molecule has 1 aliphatic rings. The minimum Gasteiger partial charge on any atom is -0.452 e. The molecule has 2 aromatic carbocycles. The number of ether oxygens (including phenoxy) is 1. The number of carbonyl (C=O) groups is 2. The minimum atomic E-state index is -4.93. The second-order valence-electron chi connectivity index (χ2n) is 7.66. The Hall–Kier alpha value is -3.89. The van der Waals surface area contributed by atoms with Gasteiger partial charge in [-0.3, -0.25) is 14.9 Å². The predicted octanol–water partition coefficient (Wildman–Crippen LogP) is 4.77. The summed E-state index contributed by atoms with van der Waals surface area (Å²) < 4.78 is 44.7. The number of amides is 1. The van der Waals surface area contributed by atoms with Crippen LogP contribution in [-0.4, -0.2) is 28.4 Å². The van der Waals surface area contributed by atoms with Gasteiger partial charge in [-0.25, -0.2) is 4.79 Å². The molecule has 2 N–H and O–H groups in total. The first-order valence-corrected chi connectivity index (χ1v) is 10.1. The monoisotopic (exact) mass is 461 g/mol. The molecule has 0 atom stereocenters. The van der Waals surface area contributed by atoms with Crippen molar-refractivity contribution in [2.75, 3.05) is 11.9 Å². The molecule has 1 aliphatic carbocycles. The molecule has 8 nitrogen and oxygen atoms in total. The number of halogens is 3. The number of non-ortho nitro benzene ring substituents is 1. The van der Waals surface area contributed by atoms with E-state index in [0.717, 1.165) is 60.0 Å². The van der Waals surface area contributed by atoms with Crippen molar-refractivity contribution in [3.05, 3.63) is 68.9 Å². The Morgan fingerprint density at radius 3 is 2.61 bits per heavy atom. The van der Waals surface area contributed by atoms with Crippen LogP contribution in [0.3, 0.4) is 0 Å². The van der Waals surface area contributed by atoms with Gasteiger partial charge in [-0.05, 0) is 55.5 Å². The molecule has 0 saturated heterocycles. The summed E-state index contributed by atoms with van der Waals surface area (Å²) in [6.07, 6.45) is -0.956. The van der Waals surface area contributed by atoms with Crippen molar-refractivity contribution in [1.82, 2.24) is 4.98 Å². The topological polar surface area (TPSA) is 114 Å². The Bertz CT molecular complexity index is 1270. The lowest BCUT2D eigenvalue weighted by molar-refractivity contribution is -0.385. The molecule has 1 aromatic heterocycles. The molecule has 0 radical (unpaired) electrons. The van der Waals surface area contributed by atoms with Crippen molar-refractivity contribution in [2.24, 2.45) is 0 Å². The van der Waals surface area contributed by atoms with Gasteiger partial charge in [-0.15, -0.1) is 0 Å². The molecule has 0 fully saturated rings. The Labute approximate surface area is 184 Å². The number of aromatic amines is 1. The lowest BCUT2D eigenvalue weighted by atomic mass is 9.95. The van der Waals surface area contributed by atoms with E-state index in [1.54, 1.807) is 18.2 Å². The highest BCUT2D eigenvalue weighted by Crippen LogP contribution is 2.37. The van der Waals surface area contributed by atoms with Crippen LogP contribution in [0.25, 0.3) is 10.9 Å². The zero-order chi connectivity index (χ0) is 23.8. The van der Waals surface area contributed by atoms with Crippen LogP contribution in [0, 0.1) is 10.1 Å². The molecule has 1 amide bonds. The average molecular weight is 461 g/mol. The highest BCUT2D eigenvalue weighted by Gasteiger charge is 2.35. The number of nitro benzene ring substituents is 1. The Balaban J connectivity index is 1.45. The largest absolute Gasteiger partial charge is 0.452 e. The molecular weight excluding hydrogens is 443 g/mol. The zero-order valence-corrected chi connectivity index (χ0v) is 17.1. The Morgan fingerprint density at radius 1 is 1.12 bits per heavy atom. The number of nitrogens with one attached hydrogen (secondary N) is 2. The number of aromatic nitrogens is 1. The number of nitro groups is 1. The maximum absolute atomic E-state index is 13.2. The fraction of sp³-hybridized carbons (Fsp3) is 0.273. The van der Waals surface area contributed by atoms with Crippen LogP contribution in [0.1, 0.15) is 40.0 Å². The van der Waals surface area contributed by atoms with Crippen molar-refractivity contribution in [3.63, 3.8) is 0 Å². The van der Waals surface area contributed by atoms with E-state index < -0.39 is 46.5 Å². The minimum absolute atomic E-state index is 0.217. The number of fused-ring (bicyclic) bond motifs is 3. The molecular formula is C22H18F3N3O5. The molecule has 0 aliphatic heterocycles. The van der Waals surface area contributed by atoms with Gasteiger partial charge in [0.05, 0.1) is 21.7 Å². The second kappa shape index (κ2) is 8.57. The van der Waals surface area contributed by atoms with Gasteiger partial charge in [-0.2, -0.15) is 13.2 Å². The van der Waals surface area contributed by atoms with Crippen LogP contribution < -0.4 is 5.32 Å². The molecule has 4 rings (SSSR count). The van der Waals surface area contributed by atoms with E-state index in [1.165, 1.54) is 0 Å². The van der Waals surface area contributed by atoms with Crippen molar-refractivity contribution in [2.45, 2.75) is 31.9 Å². The smallest absolute Gasteiger partial charge is 0.418 e. The van der Waals surface area contributed by atoms with Gasteiger partial charge in [0, 0.05) is 28.7 Å².